The average molecular weight is 280 g/mol. The summed E-state index contributed by atoms with van der Waals surface area (Å²) in [4.78, 5) is 11.6. The Morgan fingerprint density at radius 2 is 2.05 bits per heavy atom. The molecule has 0 unspecified atom stereocenters. The summed E-state index contributed by atoms with van der Waals surface area (Å²) in [6.45, 7) is 1.58. The predicted molar refractivity (Wildman–Crippen MR) is 72.5 cm³/mol. The van der Waals surface area contributed by atoms with Crippen LogP contribution in [0.2, 0.25) is 5.02 Å². The highest BCUT2D eigenvalue weighted by atomic mass is 35.5. The number of carbonyl (C=O) groups excluding carboxylic acids is 1. The van der Waals surface area contributed by atoms with Crippen LogP contribution in [0.5, 0.6) is 0 Å². The topological polar surface area (TPSA) is 58.9 Å². The lowest BCUT2D eigenvalue weighted by atomic mass is 10.2. The quantitative estimate of drug-likeness (QED) is 0.838. The smallest absolute Gasteiger partial charge is 0.275 e. The van der Waals surface area contributed by atoms with Crippen LogP contribution >= 0.6 is 11.6 Å². The van der Waals surface area contributed by atoms with Gasteiger partial charge >= 0.3 is 0 Å². The van der Waals surface area contributed by atoms with Crippen molar-refractivity contribution in [3.05, 3.63) is 59.0 Å². The molecule has 0 aliphatic heterocycles. The van der Waals surface area contributed by atoms with Crippen LogP contribution in [0.4, 0.5) is 0 Å². The number of nitrogens with two attached hydrogens (primary N) is 1. The predicted octanol–water partition coefficient (Wildman–Crippen LogP) is 1.31. The van der Waals surface area contributed by atoms with Crippen LogP contribution in [0.1, 0.15) is 11.3 Å². The van der Waals surface area contributed by atoms with Gasteiger partial charge in [0, 0.05) is 10.6 Å². The maximum Gasteiger partial charge on any atom is 0.275 e. The Labute approximate surface area is 116 Å². The molecule has 0 aliphatic rings. The van der Waals surface area contributed by atoms with Gasteiger partial charge in [-0.25, -0.2) is 0 Å². The summed E-state index contributed by atoms with van der Waals surface area (Å²) in [6, 6.07) is 11.2. The Balaban J connectivity index is 1.65. The van der Waals surface area contributed by atoms with Gasteiger partial charge in [0.2, 0.25) is 0 Å². The van der Waals surface area contributed by atoms with E-state index in [1.54, 1.807) is 12.3 Å². The molecule has 19 heavy (non-hydrogen) atoms. The van der Waals surface area contributed by atoms with Crippen molar-refractivity contribution in [2.45, 2.75) is 13.1 Å². The molecule has 0 spiro atoms. The van der Waals surface area contributed by atoms with E-state index >= 15 is 0 Å². The van der Waals surface area contributed by atoms with E-state index in [1.807, 2.05) is 35.6 Å². The molecule has 3 N–H and O–H groups in total. The number of carbonyl (C=O) groups is 1. The number of benzene rings is 1. The third kappa shape index (κ3) is 4.77. The maximum absolute atomic E-state index is 11.6. The normalized spacial score (nSPS) is 10.4. The molecular formula is C14H16ClN2O2+. The van der Waals surface area contributed by atoms with Crippen LogP contribution in [0, 0.1) is 0 Å². The first-order chi connectivity index (χ1) is 9.24. The van der Waals surface area contributed by atoms with Crippen molar-refractivity contribution in [2.24, 2.45) is 0 Å². The van der Waals surface area contributed by atoms with Gasteiger partial charge in [0.15, 0.2) is 6.54 Å². The van der Waals surface area contributed by atoms with E-state index in [1.165, 1.54) is 0 Å². The number of amides is 1. The second kappa shape index (κ2) is 6.97. The number of hydrogen-bond acceptors (Lipinski definition) is 2. The summed E-state index contributed by atoms with van der Waals surface area (Å²) in [5.74, 6) is 0.747. The lowest BCUT2D eigenvalue weighted by Gasteiger charge is -2.03. The van der Waals surface area contributed by atoms with Gasteiger partial charge in [0.05, 0.1) is 12.8 Å². The molecular weight excluding hydrogens is 264 g/mol. The summed E-state index contributed by atoms with van der Waals surface area (Å²) >= 11 is 5.80. The zero-order chi connectivity index (χ0) is 13.5. The fourth-order valence-electron chi connectivity index (χ4n) is 1.66. The standard InChI is InChI=1S/C14H15ClN2O2/c15-12-5-3-11(4-6-12)8-16-10-14(18)17-9-13-2-1-7-19-13/h1-7,16H,8-10H2,(H,17,18)/p+1. The number of hydrogen-bond donors (Lipinski definition) is 2. The van der Waals surface area contributed by atoms with Crippen molar-refractivity contribution >= 4 is 17.5 Å². The SMILES string of the molecule is O=C(C[NH2+]Cc1ccc(Cl)cc1)NCc1ccco1. The second-order valence-electron chi connectivity index (χ2n) is 4.18. The fourth-order valence-corrected chi connectivity index (χ4v) is 1.79. The number of halogens is 1. The molecule has 0 fully saturated rings. The van der Waals surface area contributed by atoms with Crippen molar-refractivity contribution in [1.29, 1.82) is 0 Å². The molecule has 0 aliphatic carbocycles. The number of nitrogens with one attached hydrogen (secondary N) is 1. The summed E-state index contributed by atoms with van der Waals surface area (Å²) in [7, 11) is 0. The number of rotatable bonds is 6. The lowest BCUT2D eigenvalue weighted by Crippen LogP contribution is -2.85. The highest BCUT2D eigenvalue weighted by Crippen LogP contribution is 2.08. The van der Waals surface area contributed by atoms with Crippen molar-refractivity contribution in [3.8, 4) is 0 Å². The molecule has 0 bridgehead atoms. The molecule has 2 rings (SSSR count). The summed E-state index contributed by atoms with van der Waals surface area (Å²) in [5, 5.41) is 5.46. The van der Waals surface area contributed by atoms with Crippen molar-refractivity contribution in [1.82, 2.24) is 5.32 Å². The summed E-state index contributed by atoms with van der Waals surface area (Å²) in [5.41, 5.74) is 1.14. The molecule has 2 aromatic rings. The first kappa shape index (κ1) is 13.6. The molecule has 0 saturated heterocycles. The Kier molecular flexibility index (Phi) is 5.01. The minimum Gasteiger partial charge on any atom is -0.467 e. The zero-order valence-corrected chi connectivity index (χ0v) is 11.2. The molecule has 1 amide bonds. The van der Waals surface area contributed by atoms with Crippen molar-refractivity contribution < 1.29 is 14.5 Å². The van der Waals surface area contributed by atoms with Crippen LogP contribution < -0.4 is 10.6 Å². The lowest BCUT2D eigenvalue weighted by molar-refractivity contribution is -0.660. The maximum atomic E-state index is 11.6. The monoisotopic (exact) mass is 279 g/mol. The van der Waals surface area contributed by atoms with Gasteiger partial charge < -0.3 is 15.1 Å². The van der Waals surface area contributed by atoms with Gasteiger partial charge in [0.1, 0.15) is 12.3 Å². The van der Waals surface area contributed by atoms with E-state index in [0.29, 0.717) is 13.1 Å². The molecule has 0 saturated carbocycles. The first-order valence-corrected chi connectivity index (χ1v) is 6.47. The van der Waals surface area contributed by atoms with Gasteiger partial charge in [-0.1, -0.05) is 23.7 Å². The van der Waals surface area contributed by atoms with Crippen LogP contribution in [0.15, 0.2) is 47.1 Å². The molecule has 0 atom stereocenters. The number of furan rings is 1. The molecule has 1 aromatic heterocycles. The molecule has 1 aromatic carbocycles. The van der Waals surface area contributed by atoms with E-state index in [0.717, 1.165) is 22.9 Å². The third-order valence-electron chi connectivity index (χ3n) is 2.66. The molecule has 5 heteroatoms. The van der Waals surface area contributed by atoms with Gasteiger partial charge in [0.25, 0.3) is 5.91 Å². The average Bonchev–Trinajstić information content (AvgIpc) is 2.92. The highest BCUT2D eigenvalue weighted by Gasteiger charge is 2.04. The third-order valence-corrected chi connectivity index (χ3v) is 2.91. The molecule has 100 valence electrons. The van der Waals surface area contributed by atoms with E-state index in [4.69, 9.17) is 16.0 Å². The molecule has 1 heterocycles. The second-order valence-corrected chi connectivity index (χ2v) is 4.62. The van der Waals surface area contributed by atoms with Crippen LogP contribution in [0.25, 0.3) is 0 Å². The summed E-state index contributed by atoms with van der Waals surface area (Å²) < 4.78 is 5.13. The Morgan fingerprint density at radius 1 is 1.26 bits per heavy atom. The van der Waals surface area contributed by atoms with Gasteiger partial charge in [-0.15, -0.1) is 0 Å². The van der Waals surface area contributed by atoms with Gasteiger partial charge in [-0.2, -0.15) is 0 Å². The molecule has 4 nitrogen and oxygen atoms in total. The highest BCUT2D eigenvalue weighted by molar-refractivity contribution is 6.30. The van der Waals surface area contributed by atoms with Crippen LogP contribution in [0.3, 0.4) is 0 Å². The fraction of sp³-hybridized carbons (Fsp3) is 0.214. The molecule has 0 radical (unpaired) electrons. The Hall–Kier alpha value is -1.78. The zero-order valence-electron chi connectivity index (χ0n) is 10.4. The minimum absolute atomic E-state index is 0.00892. The van der Waals surface area contributed by atoms with Crippen LogP contribution in [-0.4, -0.2) is 12.5 Å². The minimum atomic E-state index is -0.00892. The Bertz CT molecular complexity index is 509. The van der Waals surface area contributed by atoms with E-state index in [9.17, 15) is 4.79 Å². The van der Waals surface area contributed by atoms with E-state index in [2.05, 4.69) is 5.32 Å². The van der Waals surface area contributed by atoms with E-state index in [-0.39, 0.29) is 5.91 Å². The van der Waals surface area contributed by atoms with Crippen molar-refractivity contribution in [3.63, 3.8) is 0 Å². The summed E-state index contributed by atoms with van der Waals surface area (Å²) in [6.07, 6.45) is 1.59. The van der Waals surface area contributed by atoms with Crippen LogP contribution in [-0.2, 0) is 17.9 Å². The van der Waals surface area contributed by atoms with Gasteiger partial charge in [-0.05, 0) is 24.3 Å². The largest absolute Gasteiger partial charge is 0.467 e. The Morgan fingerprint density at radius 3 is 2.74 bits per heavy atom. The first-order valence-electron chi connectivity index (χ1n) is 6.09. The number of quaternary nitrogens is 1. The van der Waals surface area contributed by atoms with Gasteiger partial charge in [-0.3, -0.25) is 4.79 Å². The van der Waals surface area contributed by atoms with E-state index < -0.39 is 0 Å². The van der Waals surface area contributed by atoms with Crippen molar-refractivity contribution in [2.75, 3.05) is 6.54 Å².